The van der Waals surface area contributed by atoms with Crippen molar-refractivity contribution in [3.63, 3.8) is 0 Å². The van der Waals surface area contributed by atoms with Crippen molar-refractivity contribution in [1.29, 1.82) is 0 Å². The van der Waals surface area contributed by atoms with E-state index in [-0.39, 0.29) is 5.91 Å². The van der Waals surface area contributed by atoms with Gasteiger partial charge in [-0.15, -0.1) is 0 Å². The molecule has 1 unspecified atom stereocenters. The topological polar surface area (TPSA) is 59.0 Å². The number of benzene rings is 1. The number of halogens is 2. The van der Waals surface area contributed by atoms with E-state index in [0.717, 1.165) is 0 Å². The number of aromatic nitrogens is 2. The van der Waals surface area contributed by atoms with Crippen LogP contribution in [0.2, 0.25) is 0 Å². The smallest absolute Gasteiger partial charge is 0.242 e. The Labute approximate surface area is 134 Å². The number of aromatic amines is 1. The Hall–Kier alpha value is -1.25. The van der Waals surface area contributed by atoms with Gasteiger partial charge < -0.3 is 19.6 Å². The molecule has 1 heterocycles. The second-order valence-electron chi connectivity index (χ2n) is 4.54. The molecule has 2 aromatic rings. The molecule has 0 fully saturated rings. The maximum atomic E-state index is 13.7. The molecule has 0 saturated heterocycles. The molecule has 0 radical (unpaired) electrons. The highest BCUT2D eigenvalue weighted by atomic mass is 79.9. The lowest BCUT2D eigenvalue weighted by atomic mass is 10.2. The molecule has 0 aliphatic carbocycles. The van der Waals surface area contributed by atoms with Gasteiger partial charge in [-0.05, 0) is 41.1 Å². The first kappa shape index (κ1) is 16.1. The molecule has 2 N–H and O–H groups in total. The highest BCUT2D eigenvalue weighted by Gasteiger charge is 2.19. The molecule has 1 aromatic heterocycles. The van der Waals surface area contributed by atoms with Gasteiger partial charge in [0.1, 0.15) is 11.9 Å². The van der Waals surface area contributed by atoms with Crippen LogP contribution >= 0.6 is 28.1 Å². The summed E-state index contributed by atoms with van der Waals surface area (Å²) in [5, 5.41) is 2.74. The molecule has 1 amide bonds. The molecule has 5 nitrogen and oxygen atoms in total. The summed E-state index contributed by atoms with van der Waals surface area (Å²) in [5.74, 6) is -0.607. The molecule has 0 bridgehead atoms. The molecular weight excluding hydrogens is 361 g/mol. The Morgan fingerprint density at radius 1 is 1.62 bits per heavy atom. The molecule has 2 rings (SSSR count). The molecule has 0 saturated carbocycles. The number of nitrogens with zero attached hydrogens (tertiary/aromatic N) is 1. The van der Waals surface area contributed by atoms with Gasteiger partial charge in [0.2, 0.25) is 5.91 Å². The van der Waals surface area contributed by atoms with E-state index in [1.54, 1.807) is 24.7 Å². The van der Waals surface area contributed by atoms with Gasteiger partial charge in [0.25, 0.3) is 0 Å². The molecule has 0 spiro atoms. The van der Waals surface area contributed by atoms with E-state index in [4.69, 9.17) is 17.0 Å². The maximum Gasteiger partial charge on any atom is 0.242 e. The van der Waals surface area contributed by atoms with Gasteiger partial charge in [-0.3, -0.25) is 4.79 Å². The quantitative estimate of drug-likeness (QED) is 0.623. The Morgan fingerprint density at radius 3 is 3.00 bits per heavy atom. The van der Waals surface area contributed by atoms with Crippen molar-refractivity contribution in [3.05, 3.63) is 27.2 Å². The highest BCUT2D eigenvalue weighted by Crippen LogP contribution is 2.25. The zero-order valence-electron chi connectivity index (χ0n) is 11.6. The van der Waals surface area contributed by atoms with Crippen LogP contribution in [0.15, 0.2) is 16.6 Å². The lowest BCUT2D eigenvalue weighted by Crippen LogP contribution is -2.33. The number of imidazole rings is 1. The highest BCUT2D eigenvalue weighted by molar-refractivity contribution is 9.10. The van der Waals surface area contributed by atoms with Gasteiger partial charge in [0.05, 0.1) is 22.1 Å². The molecule has 0 aliphatic heterocycles. The third kappa shape index (κ3) is 3.33. The molecule has 8 heteroatoms. The first-order valence-corrected chi connectivity index (χ1v) is 7.51. The summed E-state index contributed by atoms with van der Waals surface area (Å²) in [7, 11) is 1.56. The van der Waals surface area contributed by atoms with Crippen LogP contribution in [0.4, 0.5) is 4.39 Å². The van der Waals surface area contributed by atoms with Crippen molar-refractivity contribution in [2.45, 2.75) is 13.0 Å². The molecule has 1 aromatic carbocycles. The fourth-order valence-corrected chi connectivity index (χ4v) is 2.76. The van der Waals surface area contributed by atoms with Gasteiger partial charge in [-0.2, -0.15) is 0 Å². The number of nitrogens with one attached hydrogen (secondary N) is 2. The lowest BCUT2D eigenvalue weighted by Gasteiger charge is -2.14. The third-order valence-corrected chi connectivity index (χ3v) is 4.04. The van der Waals surface area contributed by atoms with Crippen molar-refractivity contribution in [3.8, 4) is 0 Å². The number of carbonyl (C=O) groups excluding carboxylic acids is 1. The maximum absolute atomic E-state index is 13.7. The van der Waals surface area contributed by atoms with E-state index in [9.17, 15) is 9.18 Å². The van der Waals surface area contributed by atoms with Gasteiger partial charge in [-0.25, -0.2) is 4.39 Å². The second kappa shape index (κ2) is 6.67. The summed E-state index contributed by atoms with van der Waals surface area (Å²) >= 11 is 8.36. The number of hydrogen-bond donors (Lipinski definition) is 2. The van der Waals surface area contributed by atoms with Gasteiger partial charge in [0, 0.05) is 19.7 Å². The van der Waals surface area contributed by atoms with Crippen LogP contribution in [-0.2, 0) is 9.53 Å². The van der Waals surface area contributed by atoms with Crippen LogP contribution in [0.3, 0.4) is 0 Å². The zero-order chi connectivity index (χ0) is 15.6. The number of amides is 1. The summed E-state index contributed by atoms with van der Waals surface area (Å²) in [4.78, 5) is 15.1. The van der Waals surface area contributed by atoms with Crippen LogP contribution in [-0.4, -0.2) is 35.7 Å². The van der Waals surface area contributed by atoms with Gasteiger partial charge in [0.15, 0.2) is 4.77 Å². The van der Waals surface area contributed by atoms with Crippen molar-refractivity contribution in [2.24, 2.45) is 0 Å². The summed E-state index contributed by atoms with van der Waals surface area (Å²) < 4.78 is 20.9. The predicted molar refractivity (Wildman–Crippen MR) is 84.4 cm³/mol. The molecule has 21 heavy (non-hydrogen) atoms. The van der Waals surface area contributed by atoms with Crippen molar-refractivity contribution >= 4 is 45.1 Å². The number of methoxy groups -OCH3 is 1. The van der Waals surface area contributed by atoms with E-state index in [1.165, 1.54) is 6.07 Å². The summed E-state index contributed by atoms with van der Waals surface area (Å²) in [5.41, 5.74) is 1.22. The third-order valence-electron chi connectivity index (χ3n) is 3.13. The number of hydrogen-bond acceptors (Lipinski definition) is 3. The van der Waals surface area contributed by atoms with Crippen LogP contribution < -0.4 is 5.32 Å². The monoisotopic (exact) mass is 375 g/mol. The molecule has 0 aliphatic rings. The Bertz CT molecular complexity index is 728. The normalized spacial score (nSPS) is 12.6. The van der Waals surface area contributed by atoms with Crippen LogP contribution in [0.5, 0.6) is 0 Å². The number of ether oxygens (including phenoxy) is 1. The number of fused-ring (bicyclic) bond motifs is 1. The van der Waals surface area contributed by atoms with E-state index in [0.29, 0.717) is 33.4 Å². The van der Waals surface area contributed by atoms with E-state index in [2.05, 4.69) is 26.2 Å². The predicted octanol–water partition coefficient (Wildman–Crippen LogP) is 2.92. The Balaban J connectivity index is 2.37. The van der Waals surface area contributed by atoms with Crippen LogP contribution in [0, 0.1) is 10.6 Å². The lowest BCUT2D eigenvalue weighted by molar-refractivity contribution is -0.124. The standard InChI is InChI=1S/C13H15BrFN3O2S/c1-7(12(19)16-3-4-20-2)18-11-6-9(15)8(14)5-10(11)17-13(18)21/h5-7H,3-4H2,1-2H3,(H,16,19)(H,17,21). The minimum atomic E-state index is -0.552. The number of carbonyl (C=O) groups is 1. The Kier molecular flexibility index (Phi) is 5.13. The first-order valence-electron chi connectivity index (χ1n) is 6.31. The number of rotatable bonds is 5. The minimum Gasteiger partial charge on any atom is -0.383 e. The summed E-state index contributed by atoms with van der Waals surface area (Å²) in [6.45, 7) is 2.56. The van der Waals surface area contributed by atoms with Crippen molar-refractivity contribution < 1.29 is 13.9 Å². The fraction of sp³-hybridized carbons (Fsp3) is 0.385. The van der Waals surface area contributed by atoms with E-state index >= 15 is 0 Å². The summed E-state index contributed by atoms with van der Waals surface area (Å²) in [6.07, 6.45) is 0. The van der Waals surface area contributed by atoms with Gasteiger partial charge >= 0.3 is 0 Å². The van der Waals surface area contributed by atoms with Crippen molar-refractivity contribution in [2.75, 3.05) is 20.3 Å². The van der Waals surface area contributed by atoms with Crippen molar-refractivity contribution in [1.82, 2.24) is 14.9 Å². The molecule has 1 atom stereocenters. The SMILES string of the molecule is COCCNC(=O)C(C)n1c(=S)[nH]c2cc(Br)c(F)cc21. The molecular formula is C13H15BrFN3O2S. The Morgan fingerprint density at radius 2 is 2.33 bits per heavy atom. The summed E-state index contributed by atoms with van der Waals surface area (Å²) in [6, 6.07) is 2.40. The average Bonchev–Trinajstić information content (AvgIpc) is 2.74. The largest absolute Gasteiger partial charge is 0.383 e. The second-order valence-corrected chi connectivity index (χ2v) is 5.78. The van der Waals surface area contributed by atoms with E-state index < -0.39 is 11.9 Å². The molecule has 114 valence electrons. The minimum absolute atomic E-state index is 0.202. The zero-order valence-corrected chi connectivity index (χ0v) is 14.0. The average molecular weight is 376 g/mol. The van der Waals surface area contributed by atoms with Gasteiger partial charge in [-0.1, -0.05) is 0 Å². The van der Waals surface area contributed by atoms with Crippen LogP contribution in [0.1, 0.15) is 13.0 Å². The first-order chi connectivity index (χ1) is 9.95. The van der Waals surface area contributed by atoms with Crippen LogP contribution in [0.25, 0.3) is 11.0 Å². The fourth-order valence-electron chi connectivity index (χ4n) is 2.05. The number of H-pyrrole nitrogens is 1. The van der Waals surface area contributed by atoms with E-state index in [1.807, 2.05) is 0 Å².